The molecule has 1 N–H and O–H groups in total. The van der Waals surface area contributed by atoms with E-state index in [1.54, 1.807) is 0 Å². The van der Waals surface area contributed by atoms with Crippen molar-refractivity contribution in [2.45, 2.75) is 20.8 Å². The summed E-state index contributed by atoms with van der Waals surface area (Å²) in [5, 5.41) is 3.71. The molecular formula is C14H16ClN3O. The summed E-state index contributed by atoms with van der Waals surface area (Å²) in [5.74, 6) is 2.09. The lowest BCUT2D eigenvalue weighted by Crippen LogP contribution is -2.01. The number of ether oxygens (including phenoxy) is 1. The number of nitrogens with zero attached hydrogens (tertiary/aromatic N) is 2. The number of aryl methyl sites for hydroxylation is 2. The number of rotatable bonds is 3. The van der Waals surface area contributed by atoms with Crippen molar-refractivity contribution < 1.29 is 4.74 Å². The van der Waals surface area contributed by atoms with Gasteiger partial charge in [0.25, 0.3) is 0 Å². The molecule has 2 aromatic rings. The van der Waals surface area contributed by atoms with Crippen LogP contribution in [0.3, 0.4) is 0 Å². The number of hydrogen-bond acceptors (Lipinski definition) is 4. The van der Waals surface area contributed by atoms with Crippen LogP contribution in [-0.4, -0.2) is 17.0 Å². The molecule has 0 bridgehead atoms. The molecule has 0 atom stereocenters. The van der Waals surface area contributed by atoms with E-state index in [2.05, 4.69) is 15.3 Å². The van der Waals surface area contributed by atoms with Gasteiger partial charge < -0.3 is 10.1 Å². The first kappa shape index (κ1) is 13.6. The summed E-state index contributed by atoms with van der Waals surface area (Å²) in [5.41, 5.74) is 2.83. The minimum atomic E-state index is 0.549. The molecule has 0 unspecified atom stereocenters. The van der Waals surface area contributed by atoms with Gasteiger partial charge in [-0.05, 0) is 44.0 Å². The highest BCUT2D eigenvalue weighted by Crippen LogP contribution is 2.32. The Balaban J connectivity index is 2.42. The lowest BCUT2D eigenvalue weighted by molar-refractivity contribution is 0.451. The predicted octanol–water partition coefficient (Wildman–Crippen LogP) is 3.89. The van der Waals surface area contributed by atoms with E-state index in [4.69, 9.17) is 16.3 Å². The van der Waals surface area contributed by atoms with Gasteiger partial charge in [-0.2, -0.15) is 0 Å². The van der Waals surface area contributed by atoms with Crippen LogP contribution in [0.15, 0.2) is 18.5 Å². The van der Waals surface area contributed by atoms with Crippen molar-refractivity contribution in [3.05, 3.63) is 40.2 Å². The summed E-state index contributed by atoms with van der Waals surface area (Å²) < 4.78 is 5.92. The molecule has 0 saturated heterocycles. The Kier molecular flexibility index (Phi) is 3.90. The fraction of sp³-hybridized carbons (Fsp3) is 0.286. The average molecular weight is 278 g/mol. The van der Waals surface area contributed by atoms with Gasteiger partial charge in [-0.15, -0.1) is 0 Å². The molecule has 0 amide bonds. The van der Waals surface area contributed by atoms with Gasteiger partial charge in [0.1, 0.15) is 17.9 Å². The van der Waals surface area contributed by atoms with E-state index < -0.39 is 0 Å². The van der Waals surface area contributed by atoms with Crippen molar-refractivity contribution in [2.24, 2.45) is 0 Å². The SMILES string of the molecule is CNc1ncnc(Oc2c(C)cc(Cl)cc2C)c1C. The highest BCUT2D eigenvalue weighted by Gasteiger charge is 2.12. The van der Waals surface area contributed by atoms with Crippen LogP contribution in [0.2, 0.25) is 5.02 Å². The maximum atomic E-state index is 6.01. The molecule has 0 aliphatic carbocycles. The molecule has 0 spiro atoms. The monoisotopic (exact) mass is 277 g/mol. The molecule has 1 aromatic heterocycles. The summed E-state index contributed by atoms with van der Waals surface area (Å²) in [4.78, 5) is 8.32. The van der Waals surface area contributed by atoms with Crippen molar-refractivity contribution in [1.82, 2.24) is 9.97 Å². The minimum Gasteiger partial charge on any atom is -0.438 e. The molecule has 2 rings (SSSR count). The highest BCUT2D eigenvalue weighted by molar-refractivity contribution is 6.30. The van der Waals surface area contributed by atoms with Crippen LogP contribution in [0.1, 0.15) is 16.7 Å². The Morgan fingerprint density at radius 2 is 1.74 bits per heavy atom. The first-order valence-electron chi connectivity index (χ1n) is 5.97. The third kappa shape index (κ3) is 2.79. The Morgan fingerprint density at radius 1 is 1.11 bits per heavy atom. The maximum absolute atomic E-state index is 6.01. The van der Waals surface area contributed by atoms with Crippen molar-refractivity contribution in [3.63, 3.8) is 0 Å². The fourth-order valence-electron chi connectivity index (χ4n) is 1.94. The van der Waals surface area contributed by atoms with Crippen molar-refractivity contribution in [3.8, 4) is 11.6 Å². The smallest absolute Gasteiger partial charge is 0.227 e. The standard InChI is InChI=1S/C14H16ClN3O/c1-8-5-11(15)6-9(2)12(8)19-14-10(3)13(16-4)17-7-18-14/h5-7H,1-4H3,(H,16,17,18). The van der Waals surface area contributed by atoms with Crippen LogP contribution >= 0.6 is 11.6 Å². The number of nitrogens with one attached hydrogen (secondary N) is 1. The summed E-state index contributed by atoms with van der Waals surface area (Å²) in [6.45, 7) is 5.84. The lowest BCUT2D eigenvalue weighted by Gasteiger charge is -2.14. The molecular weight excluding hydrogens is 262 g/mol. The van der Waals surface area contributed by atoms with Gasteiger partial charge in [0.05, 0.1) is 5.56 Å². The van der Waals surface area contributed by atoms with E-state index in [1.807, 2.05) is 40.0 Å². The van der Waals surface area contributed by atoms with Crippen LogP contribution in [0.25, 0.3) is 0 Å². The molecule has 19 heavy (non-hydrogen) atoms. The first-order chi connectivity index (χ1) is 9.02. The second-order valence-corrected chi connectivity index (χ2v) is 4.81. The number of halogens is 1. The summed E-state index contributed by atoms with van der Waals surface area (Å²) in [6.07, 6.45) is 1.48. The average Bonchev–Trinajstić information content (AvgIpc) is 2.35. The number of aromatic nitrogens is 2. The van der Waals surface area contributed by atoms with Crippen molar-refractivity contribution in [2.75, 3.05) is 12.4 Å². The quantitative estimate of drug-likeness (QED) is 0.925. The van der Waals surface area contributed by atoms with Gasteiger partial charge in [0.2, 0.25) is 5.88 Å². The third-order valence-corrected chi connectivity index (χ3v) is 3.12. The molecule has 0 fully saturated rings. The summed E-state index contributed by atoms with van der Waals surface area (Å²) in [7, 11) is 1.82. The molecule has 5 heteroatoms. The molecule has 4 nitrogen and oxygen atoms in total. The number of anilines is 1. The van der Waals surface area contributed by atoms with Gasteiger partial charge in [-0.25, -0.2) is 9.97 Å². The Morgan fingerprint density at radius 3 is 2.32 bits per heavy atom. The first-order valence-corrected chi connectivity index (χ1v) is 6.34. The van der Waals surface area contributed by atoms with Crippen LogP contribution < -0.4 is 10.1 Å². The van der Waals surface area contributed by atoms with Crippen LogP contribution in [0.4, 0.5) is 5.82 Å². The zero-order valence-electron chi connectivity index (χ0n) is 11.4. The van der Waals surface area contributed by atoms with E-state index in [0.717, 1.165) is 28.3 Å². The van der Waals surface area contributed by atoms with Gasteiger partial charge >= 0.3 is 0 Å². The lowest BCUT2D eigenvalue weighted by atomic mass is 10.1. The largest absolute Gasteiger partial charge is 0.438 e. The summed E-state index contributed by atoms with van der Waals surface area (Å²) >= 11 is 6.01. The van der Waals surface area contributed by atoms with E-state index in [9.17, 15) is 0 Å². The second kappa shape index (κ2) is 5.45. The maximum Gasteiger partial charge on any atom is 0.227 e. The van der Waals surface area contributed by atoms with E-state index >= 15 is 0 Å². The fourth-order valence-corrected chi connectivity index (χ4v) is 2.27. The minimum absolute atomic E-state index is 0.549. The van der Waals surface area contributed by atoms with Crippen LogP contribution in [-0.2, 0) is 0 Å². The molecule has 0 aliphatic rings. The molecule has 1 heterocycles. The van der Waals surface area contributed by atoms with Crippen LogP contribution in [0, 0.1) is 20.8 Å². The molecule has 0 radical (unpaired) electrons. The number of hydrogen-bond donors (Lipinski definition) is 1. The van der Waals surface area contributed by atoms with Crippen molar-refractivity contribution >= 4 is 17.4 Å². The number of benzene rings is 1. The van der Waals surface area contributed by atoms with E-state index in [-0.39, 0.29) is 0 Å². The van der Waals surface area contributed by atoms with Gasteiger partial charge in [-0.1, -0.05) is 11.6 Å². The second-order valence-electron chi connectivity index (χ2n) is 4.37. The predicted molar refractivity (Wildman–Crippen MR) is 77.3 cm³/mol. The highest BCUT2D eigenvalue weighted by atomic mass is 35.5. The summed E-state index contributed by atoms with van der Waals surface area (Å²) in [6, 6.07) is 3.75. The van der Waals surface area contributed by atoms with E-state index in [1.165, 1.54) is 6.33 Å². The topological polar surface area (TPSA) is 47.0 Å². The zero-order chi connectivity index (χ0) is 14.0. The molecule has 1 aromatic carbocycles. The Hall–Kier alpha value is -1.81. The zero-order valence-corrected chi connectivity index (χ0v) is 12.2. The Labute approximate surface area is 117 Å². The molecule has 0 saturated carbocycles. The van der Waals surface area contributed by atoms with Crippen molar-refractivity contribution in [1.29, 1.82) is 0 Å². The molecule has 100 valence electrons. The van der Waals surface area contributed by atoms with E-state index in [0.29, 0.717) is 10.9 Å². The normalized spacial score (nSPS) is 10.4. The molecule has 0 aliphatic heterocycles. The van der Waals surface area contributed by atoms with Crippen LogP contribution in [0.5, 0.6) is 11.6 Å². The Bertz CT molecular complexity index is 591. The van der Waals surface area contributed by atoms with Gasteiger partial charge in [0.15, 0.2) is 0 Å². The van der Waals surface area contributed by atoms with Gasteiger partial charge in [-0.3, -0.25) is 0 Å². The third-order valence-electron chi connectivity index (χ3n) is 2.90. The van der Waals surface area contributed by atoms with Gasteiger partial charge in [0, 0.05) is 12.1 Å².